The molecule has 1 rings (SSSR count). The number of carbonyl (C=O) groups excluding carboxylic acids is 2. The van der Waals surface area contributed by atoms with Gasteiger partial charge >= 0.3 is 17.8 Å². The quantitative estimate of drug-likeness (QED) is 0.674. The molecule has 0 spiro atoms. The van der Waals surface area contributed by atoms with Crippen LogP contribution in [0.3, 0.4) is 0 Å². The third-order valence-electron chi connectivity index (χ3n) is 1.60. The van der Waals surface area contributed by atoms with Crippen molar-refractivity contribution in [1.82, 2.24) is 0 Å². The van der Waals surface area contributed by atoms with E-state index in [2.05, 4.69) is 9.72 Å². The molecule has 6 nitrogen and oxygen atoms in total. The number of hydrogen-bond donors (Lipinski definition) is 0. The van der Waals surface area contributed by atoms with Crippen LogP contribution in [0.25, 0.3) is 0 Å². The van der Waals surface area contributed by atoms with Crippen LogP contribution in [0.5, 0.6) is 11.6 Å². The Hall–Kier alpha value is -2.11. The summed E-state index contributed by atoms with van der Waals surface area (Å²) in [4.78, 5) is 24.3. The first-order valence-corrected chi connectivity index (χ1v) is 4.52. The fraction of sp³-hybridized carbons (Fsp3) is 0.300. The van der Waals surface area contributed by atoms with Gasteiger partial charge in [-0.2, -0.15) is 4.98 Å². The number of carbonyl (C=O) groups is 2. The minimum absolute atomic E-state index is 0.197. The second kappa shape index (κ2) is 5.69. The summed E-state index contributed by atoms with van der Waals surface area (Å²) in [5.41, 5.74) is 0. The third-order valence-corrected chi connectivity index (χ3v) is 1.60. The zero-order valence-corrected chi connectivity index (χ0v) is 8.98. The molecular weight excluding hydrogens is 214 g/mol. The predicted molar refractivity (Wildman–Crippen MR) is 51.8 cm³/mol. The molecule has 0 amide bonds. The van der Waals surface area contributed by atoms with E-state index < -0.39 is 11.9 Å². The van der Waals surface area contributed by atoms with E-state index in [0.717, 1.165) is 0 Å². The molecule has 0 aliphatic rings. The number of ether oxygens (including phenoxy) is 3. The summed E-state index contributed by atoms with van der Waals surface area (Å²) in [7, 11) is 1.26. The molecule has 1 N–H and O–H groups in total. The van der Waals surface area contributed by atoms with Gasteiger partial charge < -0.3 is 14.2 Å². The number of hydrogen-bond acceptors (Lipinski definition) is 5. The largest absolute Gasteiger partial charge is 0.466 e. The van der Waals surface area contributed by atoms with Crippen molar-refractivity contribution in [3.8, 4) is 11.6 Å². The molecule has 0 saturated carbocycles. The van der Waals surface area contributed by atoms with Crippen LogP contribution in [0, 0.1) is 0 Å². The Balaban J connectivity index is 2.70. The molecule has 1 aromatic rings. The highest BCUT2D eigenvalue weighted by Gasteiger charge is 2.15. The van der Waals surface area contributed by atoms with E-state index in [0.29, 0.717) is 0 Å². The molecule has 0 unspecified atom stereocenters. The van der Waals surface area contributed by atoms with Crippen LogP contribution in [-0.2, 0) is 14.3 Å². The smallest absolute Gasteiger partial charge is 0.411 e. The molecule has 0 aliphatic carbocycles. The Morgan fingerprint density at radius 3 is 2.81 bits per heavy atom. The van der Waals surface area contributed by atoms with Gasteiger partial charge in [0.15, 0.2) is 12.8 Å². The van der Waals surface area contributed by atoms with Crippen LogP contribution in [0.15, 0.2) is 18.3 Å². The van der Waals surface area contributed by atoms with Gasteiger partial charge in [-0.3, -0.25) is 4.79 Å². The average Bonchev–Trinajstić information content (AvgIpc) is 2.26. The van der Waals surface area contributed by atoms with Crippen molar-refractivity contribution in [2.24, 2.45) is 0 Å². The van der Waals surface area contributed by atoms with E-state index in [1.807, 2.05) is 0 Å². The zero-order valence-electron chi connectivity index (χ0n) is 8.98. The van der Waals surface area contributed by atoms with Gasteiger partial charge in [-0.15, -0.1) is 0 Å². The van der Waals surface area contributed by atoms with Gasteiger partial charge in [-0.1, -0.05) is 0 Å². The second-order valence-corrected chi connectivity index (χ2v) is 2.82. The van der Waals surface area contributed by atoms with Gasteiger partial charge in [-0.25, -0.2) is 4.79 Å². The standard InChI is InChI=1S/C10H11NO5/c1-7(12)16-8-4-3-5-11-10(8)15-6-9(13)14-2/h3-5H,6H2,1-2H3/p+1. The first kappa shape index (κ1) is 12.0. The molecule has 0 radical (unpaired) electrons. The Morgan fingerprint density at radius 1 is 1.44 bits per heavy atom. The van der Waals surface area contributed by atoms with Crippen LogP contribution in [0.1, 0.15) is 6.92 Å². The highest BCUT2D eigenvalue weighted by molar-refractivity contribution is 5.71. The first-order valence-electron chi connectivity index (χ1n) is 4.52. The van der Waals surface area contributed by atoms with Gasteiger partial charge in [0.25, 0.3) is 0 Å². The number of methoxy groups -OCH3 is 1. The van der Waals surface area contributed by atoms with E-state index in [1.165, 1.54) is 14.0 Å². The number of rotatable bonds is 4. The maximum absolute atomic E-state index is 10.8. The third kappa shape index (κ3) is 3.56. The highest BCUT2D eigenvalue weighted by Crippen LogP contribution is 2.20. The van der Waals surface area contributed by atoms with E-state index in [4.69, 9.17) is 9.47 Å². The monoisotopic (exact) mass is 226 g/mol. The minimum Gasteiger partial charge on any atom is -0.466 e. The molecule has 0 atom stereocenters. The Kier molecular flexibility index (Phi) is 4.26. The van der Waals surface area contributed by atoms with Crippen LogP contribution >= 0.6 is 0 Å². The molecule has 6 heteroatoms. The van der Waals surface area contributed by atoms with Gasteiger partial charge in [-0.05, 0) is 6.07 Å². The lowest BCUT2D eigenvalue weighted by Gasteiger charge is -2.03. The van der Waals surface area contributed by atoms with Gasteiger partial charge in [0.2, 0.25) is 5.75 Å². The molecule has 86 valence electrons. The molecular formula is C10H12NO5+. The number of aromatic amines is 1. The lowest BCUT2D eigenvalue weighted by molar-refractivity contribution is -0.395. The minimum atomic E-state index is -0.522. The van der Waals surface area contributed by atoms with Crippen molar-refractivity contribution in [1.29, 1.82) is 0 Å². The summed E-state index contributed by atoms with van der Waals surface area (Å²) in [6.45, 7) is 1.02. The summed E-state index contributed by atoms with van der Waals surface area (Å²) in [5.74, 6) is -0.574. The van der Waals surface area contributed by atoms with Crippen LogP contribution in [0.4, 0.5) is 0 Å². The fourth-order valence-electron chi connectivity index (χ4n) is 0.944. The van der Waals surface area contributed by atoms with Crippen LogP contribution in [-0.4, -0.2) is 25.7 Å². The Bertz CT molecular complexity index is 391. The summed E-state index contributed by atoms with van der Waals surface area (Å²) in [6.07, 6.45) is 1.58. The molecule has 1 heterocycles. The second-order valence-electron chi connectivity index (χ2n) is 2.82. The van der Waals surface area contributed by atoms with Crippen molar-refractivity contribution in [2.75, 3.05) is 13.7 Å². The summed E-state index contributed by atoms with van der Waals surface area (Å²) < 4.78 is 14.4. The van der Waals surface area contributed by atoms with E-state index in [9.17, 15) is 9.59 Å². The predicted octanol–water partition coefficient (Wildman–Crippen LogP) is -0.0222. The van der Waals surface area contributed by atoms with Gasteiger partial charge in [0.05, 0.1) is 7.11 Å². The van der Waals surface area contributed by atoms with Crippen molar-refractivity contribution >= 4 is 11.9 Å². The van der Waals surface area contributed by atoms with E-state index in [-0.39, 0.29) is 18.2 Å². The lowest BCUT2D eigenvalue weighted by Crippen LogP contribution is -2.18. The molecule has 1 aromatic heterocycles. The van der Waals surface area contributed by atoms with Crippen molar-refractivity contribution in [2.45, 2.75) is 6.92 Å². The SMILES string of the molecule is COC(=O)COc1[nH+]cccc1OC(C)=O. The maximum Gasteiger partial charge on any atom is 0.411 e. The first-order chi connectivity index (χ1) is 7.63. The van der Waals surface area contributed by atoms with E-state index in [1.54, 1.807) is 18.3 Å². The summed E-state index contributed by atoms with van der Waals surface area (Å²) >= 11 is 0. The number of nitrogens with one attached hydrogen (secondary N) is 1. The van der Waals surface area contributed by atoms with Crippen LogP contribution in [0.2, 0.25) is 0 Å². The number of H-pyrrole nitrogens is 1. The highest BCUT2D eigenvalue weighted by atomic mass is 16.6. The summed E-state index contributed by atoms with van der Waals surface area (Å²) in [6, 6.07) is 3.19. The zero-order chi connectivity index (χ0) is 12.0. The molecule has 16 heavy (non-hydrogen) atoms. The van der Waals surface area contributed by atoms with Crippen molar-refractivity contribution in [3.05, 3.63) is 18.3 Å². The topological polar surface area (TPSA) is 76.0 Å². The molecule has 0 bridgehead atoms. The van der Waals surface area contributed by atoms with Crippen molar-refractivity contribution < 1.29 is 28.8 Å². The molecule has 0 fully saturated rings. The Morgan fingerprint density at radius 2 is 2.19 bits per heavy atom. The molecule has 0 aromatic carbocycles. The molecule has 0 saturated heterocycles. The normalized spacial score (nSPS) is 9.38. The number of esters is 2. The lowest BCUT2D eigenvalue weighted by atomic mass is 10.4. The number of pyridine rings is 1. The van der Waals surface area contributed by atoms with Crippen LogP contribution < -0.4 is 14.5 Å². The Labute approximate surface area is 92.1 Å². The maximum atomic E-state index is 10.8. The number of aromatic nitrogens is 1. The van der Waals surface area contributed by atoms with Gasteiger partial charge in [0.1, 0.15) is 0 Å². The average molecular weight is 226 g/mol. The van der Waals surface area contributed by atoms with Crippen molar-refractivity contribution in [3.63, 3.8) is 0 Å². The van der Waals surface area contributed by atoms with E-state index >= 15 is 0 Å². The molecule has 0 aliphatic heterocycles. The fourth-order valence-corrected chi connectivity index (χ4v) is 0.944. The summed E-state index contributed by atoms with van der Waals surface area (Å²) in [5, 5.41) is 0. The van der Waals surface area contributed by atoms with Gasteiger partial charge in [0, 0.05) is 13.0 Å².